The van der Waals surface area contributed by atoms with Gasteiger partial charge in [-0.3, -0.25) is 0 Å². The molecule has 0 aliphatic carbocycles. The van der Waals surface area contributed by atoms with E-state index in [-0.39, 0.29) is 34.1 Å². The van der Waals surface area contributed by atoms with Gasteiger partial charge in [-0.15, -0.1) is 0 Å². The van der Waals surface area contributed by atoms with Crippen LogP contribution in [0, 0.1) is 0 Å². The molecule has 0 N–H and O–H groups in total. The minimum atomic E-state index is 0. The minimum absolute atomic E-state index is 0. The second-order valence-corrected chi connectivity index (χ2v) is 6.76. The molecule has 0 heterocycles. The van der Waals surface area contributed by atoms with Crippen LogP contribution in [0.5, 0.6) is 0 Å². The van der Waals surface area contributed by atoms with Crippen molar-refractivity contribution in [3.05, 3.63) is 0 Å². The molecule has 0 saturated heterocycles. The van der Waals surface area contributed by atoms with E-state index in [9.17, 15) is 0 Å². The summed E-state index contributed by atoms with van der Waals surface area (Å²) in [5, 5.41) is 0. The van der Waals surface area contributed by atoms with Crippen LogP contribution in [-0.2, 0) is 0 Å². The normalized spacial score (nSPS) is 9.25. The van der Waals surface area contributed by atoms with E-state index in [1.807, 2.05) is 0 Å². The molecular weight excluding hydrogens is 106 g/mol. The van der Waals surface area contributed by atoms with Crippen LogP contribution in [0.15, 0.2) is 0 Å². The predicted octanol–water partition coefficient (Wildman–Crippen LogP) is 1.70. The Kier molecular flexibility index (Phi) is 9.28. The van der Waals surface area contributed by atoms with Crippen molar-refractivity contribution < 1.29 is 0 Å². The van der Waals surface area contributed by atoms with E-state index >= 15 is 0 Å². The molecule has 0 nitrogen and oxygen atoms in total. The summed E-state index contributed by atoms with van der Waals surface area (Å²) in [6.45, 7) is 9.30. The quantitative estimate of drug-likeness (QED) is 0.488. The Labute approximate surface area is 71.3 Å². The third-order valence-corrected chi connectivity index (χ3v) is 2.83. The Morgan fingerprint density at radius 2 is 1.12 bits per heavy atom. The van der Waals surface area contributed by atoms with Crippen LogP contribution >= 0.6 is 0 Å². The first kappa shape index (κ1) is 11.9. The van der Waals surface area contributed by atoms with Crippen molar-refractivity contribution in [2.24, 2.45) is 0 Å². The summed E-state index contributed by atoms with van der Waals surface area (Å²) >= 11 is 0.281. The summed E-state index contributed by atoms with van der Waals surface area (Å²) in [5.74, 6) is 0. The molecule has 0 bridgehead atoms. The molecule has 0 aliphatic rings. The van der Waals surface area contributed by atoms with Crippen LogP contribution in [0.4, 0.5) is 0 Å². The third-order valence-electron chi connectivity index (χ3n) is 0.943. The second-order valence-electron chi connectivity index (χ2n) is 3.02. The minimum Gasteiger partial charge on any atom is -0.0912 e. The molecule has 8 heavy (non-hydrogen) atoms. The second kappa shape index (κ2) is 6.25. The Morgan fingerprint density at radius 1 is 0.875 bits per heavy atom. The molecule has 0 saturated carbocycles. The molecule has 43 valence electrons. The molecule has 0 amide bonds. The van der Waals surface area contributed by atoms with Crippen molar-refractivity contribution >= 4 is 34.1 Å². The van der Waals surface area contributed by atoms with Crippen LogP contribution in [0.1, 0.15) is 27.7 Å². The van der Waals surface area contributed by atoms with E-state index in [1.165, 1.54) is 0 Å². The Hall–Kier alpha value is 1.13. The van der Waals surface area contributed by atoms with Gasteiger partial charge in [-0.2, -0.15) is 0 Å². The molecule has 1 radical (unpaired) electrons. The van der Waals surface area contributed by atoms with Gasteiger partial charge in [-0.25, -0.2) is 0 Å². The third kappa shape index (κ3) is 10.2. The predicted molar refractivity (Wildman–Crippen MR) is 43.1 cm³/mol. The molecular formula is C6H15AlLi. The van der Waals surface area contributed by atoms with Gasteiger partial charge >= 0.3 is 0 Å². The monoisotopic (exact) mass is 121 g/mol. The Bertz CT molecular complexity index is 37.8. The van der Waals surface area contributed by atoms with Crippen LogP contribution in [-0.4, -0.2) is 34.1 Å². The maximum absolute atomic E-state index is 2.33. The first-order chi connectivity index (χ1) is 3.13. The SMILES string of the molecule is C[CH](C)[AlH][CH](C)C.[Li]. The fourth-order valence-electron chi connectivity index (χ4n) is 0.943. The van der Waals surface area contributed by atoms with Gasteiger partial charge in [0.1, 0.15) is 0 Å². The van der Waals surface area contributed by atoms with E-state index in [4.69, 9.17) is 0 Å². The van der Waals surface area contributed by atoms with E-state index in [0.717, 1.165) is 9.56 Å². The van der Waals surface area contributed by atoms with Crippen molar-refractivity contribution in [3.8, 4) is 0 Å². The van der Waals surface area contributed by atoms with Gasteiger partial charge in [-0.05, 0) is 0 Å². The summed E-state index contributed by atoms with van der Waals surface area (Å²) in [7, 11) is 0. The molecule has 0 unspecified atom stereocenters. The summed E-state index contributed by atoms with van der Waals surface area (Å²) in [5.41, 5.74) is 0. The van der Waals surface area contributed by atoms with Crippen molar-refractivity contribution in [1.82, 2.24) is 0 Å². The number of rotatable bonds is 2. The van der Waals surface area contributed by atoms with E-state index in [1.54, 1.807) is 0 Å². The largest absolute Gasteiger partial charge is 0.243 e. The topological polar surface area (TPSA) is 0 Å². The first-order valence-electron chi connectivity index (χ1n) is 3.13. The van der Waals surface area contributed by atoms with Crippen LogP contribution in [0.2, 0.25) is 9.56 Å². The average molecular weight is 121 g/mol. The molecule has 0 aromatic rings. The summed E-state index contributed by atoms with van der Waals surface area (Å²) in [4.78, 5) is 0. The Balaban J connectivity index is 0. The maximum Gasteiger partial charge on any atom is 0.243 e. The summed E-state index contributed by atoms with van der Waals surface area (Å²) in [6, 6.07) is 0. The van der Waals surface area contributed by atoms with Gasteiger partial charge in [-0.1, -0.05) is 37.3 Å². The zero-order chi connectivity index (χ0) is 5.86. The van der Waals surface area contributed by atoms with E-state index in [2.05, 4.69) is 27.7 Å². The van der Waals surface area contributed by atoms with Gasteiger partial charge in [0.25, 0.3) is 0 Å². The summed E-state index contributed by atoms with van der Waals surface area (Å²) < 4.78 is 2.03. The fourth-order valence-corrected chi connectivity index (χ4v) is 2.83. The molecule has 0 rings (SSSR count). The maximum atomic E-state index is 2.33. The van der Waals surface area contributed by atoms with Gasteiger partial charge in [0.2, 0.25) is 15.2 Å². The number of hydrogen-bond acceptors (Lipinski definition) is 0. The molecule has 0 atom stereocenters. The van der Waals surface area contributed by atoms with Crippen LogP contribution < -0.4 is 0 Å². The van der Waals surface area contributed by atoms with Gasteiger partial charge in [0, 0.05) is 18.9 Å². The van der Waals surface area contributed by atoms with Crippen LogP contribution in [0.3, 0.4) is 0 Å². The number of hydrogen-bond donors (Lipinski definition) is 0. The van der Waals surface area contributed by atoms with Crippen molar-refractivity contribution in [2.75, 3.05) is 0 Å². The van der Waals surface area contributed by atoms with E-state index in [0.29, 0.717) is 0 Å². The van der Waals surface area contributed by atoms with Gasteiger partial charge < -0.3 is 0 Å². The first-order valence-corrected chi connectivity index (χ1v) is 4.76. The molecule has 0 fully saturated rings. The molecule has 0 spiro atoms. The van der Waals surface area contributed by atoms with Crippen molar-refractivity contribution in [2.45, 2.75) is 37.3 Å². The Morgan fingerprint density at radius 3 is 1.12 bits per heavy atom. The standard InChI is InChI=1S/2C3H7.Al.Li.H/c2*1-3-2;;;/h2*3H,1-2H3;;;. The molecule has 2 heteroatoms. The van der Waals surface area contributed by atoms with Crippen molar-refractivity contribution in [1.29, 1.82) is 0 Å². The van der Waals surface area contributed by atoms with E-state index < -0.39 is 0 Å². The average Bonchev–Trinajstić information content (AvgIpc) is 1.27. The molecule has 0 aromatic heterocycles. The van der Waals surface area contributed by atoms with Crippen LogP contribution in [0.25, 0.3) is 0 Å². The molecule has 0 aromatic carbocycles. The van der Waals surface area contributed by atoms with Crippen molar-refractivity contribution in [3.63, 3.8) is 0 Å². The summed E-state index contributed by atoms with van der Waals surface area (Å²) in [6.07, 6.45) is 0. The smallest absolute Gasteiger partial charge is 0.0912 e. The fraction of sp³-hybridized carbons (Fsp3) is 1.00. The van der Waals surface area contributed by atoms with Gasteiger partial charge in [0.05, 0.1) is 0 Å². The zero-order valence-corrected chi connectivity index (χ0v) is 8.28. The zero-order valence-electron chi connectivity index (χ0n) is 6.86. The molecule has 0 aliphatic heterocycles. The van der Waals surface area contributed by atoms with Gasteiger partial charge in [0.15, 0.2) is 0 Å².